The molecule has 2 rings (SSSR count). The van der Waals surface area contributed by atoms with Gasteiger partial charge in [-0.05, 0) is 83.8 Å². The highest BCUT2D eigenvalue weighted by atomic mass is 127. The highest BCUT2D eigenvalue weighted by molar-refractivity contribution is 14.1. The van der Waals surface area contributed by atoms with Gasteiger partial charge in [-0.25, -0.2) is 9.59 Å². The number of aromatic hydroxyl groups is 1. The van der Waals surface area contributed by atoms with E-state index in [4.69, 9.17) is 9.84 Å². The van der Waals surface area contributed by atoms with Crippen molar-refractivity contribution in [3.05, 3.63) is 68.2 Å². The standard InChI is InChI=1S/C21H21BrINO5/c1-13(4-2-3-5-19(26)27)20(17-12-15(23)8-11-18(17)25)29-21(28)24-16-9-6-14(22)7-10-16/h3,5-13,20,25H,2,4H2,1H3,(H,24,28)(H,26,27)/b5-3+/t13-,20-/m1/s1. The molecule has 1 amide bonds. The maximum atomic E-state index is 12.5. The SMILES string of the molecule is C[C@H](CC/C=C/C(=O)O)[C@@H](OC(=O)Nc1ccc(Br)cc1)c1cc(I)ccc1O. The molecule has 0 aliphatic rings. The molecule has 2 aromatic carbocycles. The first kappa shape index (κ1) is 23.2. The number of benzene rings is 2. The lowest BCUT2D eigenvalue weighted by Crippen LogP contribution is -2.22. The molecule has 0 fully saturated rings. The largest absolute Gasteiger partial charge is 0.508 e. The molecule has 0 unspecified atom stereocenters. The maximum absolute atomic E-state index is 12.5. The van der Waals surface area contributed by atoms with Gasteiger partial charge in [-0.3, -0.25) is 5.32 Å². The Hall–Kier alpha value is -2.07. The van der Waals surface area contributed by atoms with E-state index in [2.05, 4.69) is 43.8 Å². The number of halogens is 2. The van der Waals surface area contributed by atoms with Gasteiger partial charge in [-0.2, -0.15) is 0 Å². The Bertz CT molecular complexity index is 885. The van der Waals surface area contributed by atoms with Gasteiger partial charge in [0.2, 0.25) is 0 Å². The van der Waals surface area contributed by atoms with Crippen molar-refractivity contribution in [3.8, 4) is 5.75 Å². The van der Waals surface area contributed by atoms with Crippen molar-refractivity contribution in [3.63, 3.8) is 0 Å². The average molecular weight is 574 g/mol. The summed E-state index contributed by atoms with van der Waals surface area (Å²) < 4.78 is 7.47. The van der Waals surface area contributed by atoms with Gasteiger partial charge in [0.1, 0.15) is 11.9 Å². The molecule has 0 saturated heterocycles. The Labute approximate surface area is 191 Å². The van der Waals surface area contributed by atoms with Crippen molar-refractivity contribution < 1.29 is 24.5 Å². The number of anilines is 1. The van der Waals surface area contributed by atoms with Gasteiger partial charge in [0.25, 0.3) is 0 Å². The number of rotatable bonds is 8. The Balaban J connectivity index is 2.17. The number of phenols is 1. The molecule has 8 heteroatoms. The first-order chi connectivity index (χ1) is 13.8. The van der Waals surface area contributed by atoms with Crippen molar-refractivity contribution in [1.82, 2.24) is 0 Å². The van der Waals surface area contributed by atoms with E-state index >= 15 is 0 Å². The Morgan fingerprint density at radius 2 is 1.93 bits per heavy atom. The summed E-state index contributed by atoms with van der Waals surface area (Å²) in [5, 5.41) is 21.7. The van der Waals surface area contributed by atoms with Gasteiger partial charge in [-0.15, -0.1) is 0 Å². The van der Waals surface area contributed by atoms with Gasteiger partial charge in [0.05, 0.1) is 0 Å². The Kier molecular flexibility index (Phi) is 8.97. The highest BCUT2D eigenvalue weighted by Gasteiger charge is 2.26. The smallest absolute Gasteiger partial charge is 0.412 e. The topological polar surface area (TPSA) is 95.9 Å². The molecule has 0 spiro atoms. The highest BCUT2D eigenvalue weighted by Crippen LogP contribution is 2.36. The predicted octanol–water partition coefficient (Wildman–Crippen LogP) is 6.11. The van der Waals surface area contributed by atoms with Crippen LogP contribution in [-0.2, 0) is 9.53 Å². The zero-order valence-corrected chi connectivity index (χ0v) is 19.4. The summed E-state index contributed by atoms with van der Waals surface area (Å²) in [6, 6.07) is 12.2. The Morgan fingerprint density at radius 1 is 1.24 bits per heavy atom. The van der Waals surface area contributed by atoms with Crippen LogP contribution in [0, 0.1) is 9.49 Å². The maximum Gasteiger partial charge on any atom is 0.412 e. The number of allylic oxidation sites excluding steroid dienone is 1. The number of nitrogens with one attached hydrogen (secondary N) is 1. The van der Waals surface area contributed by atoms with Crippen LogP contribution in [0.3, 0.4) is 0 Å². The van der Waals surface area contributed by atoms with Crippen LogP contribution < -0.4 is 5.32 Å². The van der Waals surface area contributed by atoms with Crippen LogP contribution in [0.5, 0.6) is 5.75 Å². The van der Waals surface area contributed by atoms with E-state index in [-0.39, 0.29) is 11.7 Å². The lowest BCUT2D eigenvalue weighted by atomic mass is 9.92. The minimum Gasteiger partial charge on any atom is -0.508 e. The molecule has 2 atom stereocenters. The summed E-state index contributed by atoms with van der Waals surface area (Å²) in [7, 11) is 0. The van der Waals surface area contributed by atoms with Crippen molar-refractivity contribution in [2.75, 3.05) is 5.32 Å². The van der Waals surface area contributed by atoms with Crippen molar-refractivity contribution in [1.29, 1.82) is 0 Å². The summed E-state index contributed by atoms with van der Waals surface area (Å²) in [4.78, 5) is 23.1. The fraction of sp³-hybridized carbons (Fsp3) is 0.238. The van der Waals surface area contributed by atoms with E-state index in [9.17, 15) is 14.7 Å². The molecule has 0 radical (unpaired) electrons. The number of aliphatic carboxylic acids is 1. The van der Waals surface area contributed by atoms with E-state index in [0.717, 1.165) is 14.1 Å². The monoisotopic (exact) mass is 573 g/mol. The normalized spacial score (nSPS) is 13.1. The zero-order valence-electron chi connectivity index (χ0n) is 15.6. The minimum atomic E-state index is -1.01. The number of phenolic OH excluding ortho intramolecular Hbond substituents is 1. The van der Waals surface area contributed by atoms with Crippen LogP contribution in [-0.4, -0.2) is 22.3 Å². The number of hydrogen-bond acceptors (Lipinski definition) is 4. The van der Waals surface area contributed by atoms with Gasteiger partial charge in [-0.1, -0.05) is 28.9 Å². The molecule has 154 valence electrons. The van der Waals surface area contributed by atoms with E-state index < -0.39 is 18.2 Å². The van der Waals surface area contributed by atoms with Crippen molar-refractivity contribution in [2.45, 2.75) is 25.9 Å². The van der Waals surface area contributed by atoms with Crippen LogP contribution in [0.2, 0.25) is 0 Å². The molecule has 0 aliphatic heterocycles. The zero-order chi connectivity index (χ0) is 21.4. The van der Waals surface area contributed by atoms with E-state index in [1.165, 1.54) is 0 Å². The number of carbonyl (C=O) groups is 2. The summed E-state index contributed by atoms with van der Waals surface area (Å²) in [6.45, 7) is 1.89. The molecule has 6 nitrogen and oxygen atoms in total. The second-order valence-electron chi connectivity index (χ2n) is 6.46. The number of carboxylic acid groups (broad SMARTS) is 1. The summed E-state index contributed by atoms with van der Waals surface area (Å²) in [5.74, 6) is -1.12. The van der Waals surface area contributed by atoms with Crippen molar-refractivity contribution >= 4 is 56.3 Å². The van der Waals surface area contributed by atoms with Crippen LogP contribution in [0.4, 0.5) is 10.5 Å². The molecule has 3 N–H and O–H groups in total. The summed E-state index contributed by atoms with van der Waals surface area (Å²) in [5.41, 5.74) is 1.10. The van der Waals surface area contributed by atoms with Crippen LogP contribution in [0.1, 0.15) is 31.4 Å². The molecule has 0 saturated carbocycles. The second-order valence-corrected chi connectivity index (χ2v) is 8.62. The van der Waals surface area contributed by atoms with Crippen molar-refractivity contribution in [2.24, 2.45) is 5.92 Å². The third-order valence-corrected chi connectivity index (χ3v) is 5.39. The van der Waals surface area contributed by atoms with E-state index in [0.29, 0.717) is 24.1 Å². The number of carboxylic acids is 1. The number of hydrogen-bond donors (Lipinski definition) is 3. The van der Waals surface area contributed by atoms with E-state index in [1.807, 2.05) is 6.92 Å². The van der Waals surface area contributed by atoms with Gasteiger partial charge in [0.15, 0.2) is 0 Å². The fourth-order valence-corrected chi connectivity index (χ4v) is 3.51. The molecular weight excluding hydrogens is 553 g/mol. The summed E-state index contributed by atoms with van der Waals surface area (Å²) >= 11 is 5.47. The van der Waals surface area contributed by atoms with Crippen LogP contribution in [0.25, 0.3) is 0 Å². The molecule has 29 heavy (non-hydrogen) atoms. The molecule has 0 bridgehead atoms. The molecule has 0 heterocycles. The number of ether oxygens (including phenoxy) is 1. The Morgan fingerprint density at radius 3 is 2.59 bits per heavy atom. The average Bonchev–Trinajstić information content (AvgIpc) is 2.67. The molecule has 0 aliphatic carbocycles. The molecule has 0 aromatic heterocycles. The first-order valence-electron chi connectivity index (χ1n) is 8.87. The summed E-state index contributed by atoms with van der Waals surface area (Å²) in [6.07, 6.45) is 2.40. The van der Waals surface area contributed by atoms with Crippen LogP contribution >= 0.6 is 38.5 Å². The third-order valence-electron chi connectivity index (χ3n) is 4.19. The first-order valence-corrected chi connectivity index (χ1v) is 10.7. The lowest BCUT2D eigenvalue weighted by molar-refractivity contribution is -0.131. The molecular formula is C21H21BrINO5. The van der Waals surface area contributed by atoms with Crippen LogP contribution in [0.15, 0.2) is 59.1 Å². The van der Waals surface area contributed by atoms with Gasteiger partial charge < -0.3 is 14.9 Å². The second kappa shape index (κ2) is 11.2. The quantitative estimate of drug-likeness (QED) is 0.262. The fourth-order valence-electron chi connectivity index (χ4n) is 2.73. The van der Waals surface area contributed by atoms with Gasteiger partial charge in [0, 0.05) is 25.4 Å². The third kappa shape index (κ3) is 7.69. The predicted molar refractivity (Wildman–Crippen MR) is 123 cm³/mol. The minimum absolute atomic E-state index is 0.0415. The molecule has 2 aromatic rings. The number of amides is 1. The lowest BCUT2D eigenvalue weighted by Gasteiger charge is -2.25. The van der Waals surface area contributed by atoms with E-state index in [1.54, 1.807) is 48.5 Å². The van der Waals surface area contributed by atoms with Gasteiger partial charge >= 0.3 is 12.1 Å². The number of carbonyl (C=O) groups excluding carboxylic acids is 1.